The largest absolute Gasteiger partial charge is 0.463 e. The van der Waals surface area contributed by atoms with Gasteiger partial charge in [0, 0.05) is 24.9 Å². The van der Waals surface area contributed by atoms with Gasteiger partial charge < -0.3 is 15.0 Å². The fourth-order valence-corrected chi connectivity index (χ4v) is 3.10. The van der Waals surface area contributed by atoms with E-state index in [2.05, 4.69) is 28.4 Å². The van der Waals surface area contributed by atoms with E-state index in [0.717, 1.165) is 25.2 Å². The lowest BCUT2D eigenvalue weighted by atomic mass is 9.98. The van der Waals surface area contributed by atoms with Crippen LogP contribution in [0.4, 0.5) is 5.69 Å². The van der Waals surface area contributed by atoms with Crippen LogP contribution in [0.1, 0.15) is 18.9 Å². The first-order valence-corrected chi connectivity index (χ1v) is 7.71. The third-order valence-electron chi connectivity index (χ3n) is 4.15. The summed E-state index contributed by atoms with van der Waals surface area (Å²) >= 11 is 0. The Balaban J connectivity index is 0.00000176. The van der Waals surface area contributed by atoms with Crippen molar-refractivity contribution in [3.63, 3.8) is 0 Å². The summed E-state index contributed by atoms with van der Waals surface area (Å²) in [5.41, 5.74) is 3.17. The molecule has 0 radical (unpaired) electrons. The third kappa shape index (κ3) is 3.62. The van der Waals surface area contributed by atoms with E-state index >= 15 is 0 Å². The summed E-state index contributed by atoms with van der Waals surface area (Å²) in [6, 6.07) is 8.32. The Bertz CT molecular complexity index is 553. The van der Waals surface area contributed by atoms with E-state index in [0.29, 0.717) is 18.9 Å². The molecule has 1 N–H and O–H groups in total. The lowest BCUT2D eigenvalue weighted by Gasteiger charge is -2.30. The van der Waals surface area contributed by atoms with Gasteiger partial charge in [-0.2, -0.15) is 0 Å². The molecule has 2 heterocycles. The van der Waals surface area contributed by atoms with Crippen LogP contribution in [-0.2, 0) is 16.0 Å². The molecule has 0 bridgehead atoms. The van der Waals surface area contributed by atoms with Gasteiger partial charge in [0.15, 0.2) is 0 Å². The molecule has 0 amide bonds. The van der Waals surface area contributed by atoms with Crippen molar-refractivity contribution >= 4 is 24.1 Å². The summed E-state index contributed by atoms with van der Waals surface area (Å²) in [4.78, 5) is 14.3. The number of rotatable bonds is 4. The quantitative estimate of drug-likeness (QED) is 0.865. The van der Waals surface area contributed by atoms with Crippen molar-refractivity contribution in [2.75, 3.05) is 31.1 Å². The molecular weight excluding hydrogens is 300 g/mol. The van der Waals surface area contributed by atoms with Crippen LogP contribution < -0.4 is 10.2 Å². The average molecular weight is 323 g/mol. The van der Waals surface area contributed by atoms with Gasteiger partial charge in [0.05, 0.1) is 12.2 Å². The second kappa shape index (κ2) is 7.65. The van der Waals surface area contributed by atoms with Crippen LogP contribution in [-0.4, -0.2) is 32.2 Å². The van der Waals surface area contributed by atoms with E-state index in [4.69, 9.17) is 4.74 Å². The number of ether oxygens (including phenoxy) is 1. The van der Waals surface area contributed by atoms with Crippen LogP contribution in [0.5, 0.6) is 0 Å². The third-order valence-corrected chi connectivity index (χ3v) is 4.15. The highest BCUT2D eigenvalue weighted by atomic mass is 35.5. The maximum absolute atomic E-state index is 12.1. The zero-order valence-electron chi connectivity index (χ0n) is 12.9. The number of carbonyl (C=O) groups excluding carboxylic acids is 1. The molecule has 1 atom stereocenters. The van der Waals surface area contributed by atoms with Gasteiger partial charge in [-0.15, -0.1) is 12.4 Å². The Morgan fingerprint density at radius 3 is 2.95 bits per heavy atom. The second-order valence-corrected chi connectivity index (χ2v) is 5.69. The van der Waals surface area contributed by atoms with Gasteiger partial charge >= 0.3 is 5.97 Å². The predicted octanol–water partition coefficient (Wildman–Crippen LogP) is 2.53. The Morgan fingerprint density at radius 1 is 1.41 bits per heavy atom. The highest BCUT2D eigenvalue weighted by molar-refractivity contribution is 5.91. The maximum Gasteiger partial charge on any atom is 0.335 e. The molecule has 0 aromatic heterocycles. The molecule has 2 aliphatic rings. The molecule has 1 unspecified atom stereocenters. The van der Waals surface area contributed by atoms with Gasteiger partial charge in [-0.05, 0) is 44.0 Å². The maximum atomic E-state index is 12.1. The van der Waals surface area contributed by atoms with Gasteiger partial charge in [-0.1, -0.05) is 18.2 Å². The second-order valence-electron chi connectivity index (χ2n) is 5.69. The molecule has 0 spiro atoms. The summed E-state index contributed by atoms with van der Waals surface area (Å²) < 4.78 is 5.17. The Kier molecular flexibility index (Phi) is 5.86. The Hall–Kier alpha value is -1.52. The van der Waals surface area contributed by atoms with E-state index in [1.54, 1.807) is 0 Å². The standard InChI is InChI=1S/C17H22N2O2.ClH/c1-2-21-17(20)15-9-14-5-3-4-6-16(14)19(12-15)11-13-7-8-18-10-13;/h3-6,12-13,18H,2,7-11H2,1H3;1H. The van der Waals surface area contributed by atoms with Crippen molar-refractivity contribution in [2.45, 2.75) is 19.8 Å². The van der Waals surface area contributed by atoms with E-state index < -0.39 is 0 Å². The molecule has 120 valence electrons. The molecule has 0 aliphatic carbocycles. The first-order valence-electron chi connectivity index (χ1n) is 7.71. The SMILES string of the molecule is CCOC(=O)C1=CN(CC2CCNC2)c2ccccc2C1.Cl. The van der Waals surface area contributed by atoms with E-state index in [9.17, 15) is 4.79 Å². The molecule has 5 heteroatoms. The first-order chi connectivity index (χ1) is 10.3. The van der Waals surface area contributed by atoms with Crippen LogP contribution in [0.25, 0.3) is 0 Å². The molecule has 4 nitrogen and oxygen atoms in total. The molecule has 22 heavy (non-hydrogen) atoms. The Morgan fingerprint density at radius 2 is 2.23 bits per heavy atom. The minimum Gasteiger partial charge on any atom is -0.463 e. The molecule has 1 saturated heterocycles. The Labute approximate surface area is 137 Å². The van der Waals surface area contributed by atoms with Gasteiger partial charge in [-0.25, -0.2) is 4.79 Å². The summed E-state index contributed by atoms with van der Waals surface area (Å²) in [5, 5.41) is 3.40. The van der Waals surface area contributed by atoms with Gasteiger partial charge in [-0.3, -0.25) is 0 Å². The number of esters is 1. The minimum absolute atomic E-state index is 0. The molecule has 1 aromatic rings. The number of carbonyl (C=O) groups is 1. The monoisotopic (exact) mass is 322 g/mol. The molecular formula is C17H23ClN2O2. The van der Waals surface area contributed by atoms with Gasteiger partial charge in [0.25, 0.3) is 0 Å². The molecule has 3 rings (SSSR count). The number of anilines is 1. The number of fused-ring (bicyclic) bond motifs is 1. The summed E-state index contributed by atoms with van der Waals surface area (Å²) in [6.45, 7) is 5.37. The number of hydrogen-bond donors (Lipinski definition) is 1. The average Bonchev–Trinajstić information content (AvgIpc) is 3.00. The van der Waals surface area contributed by atoms with E-state index in [1.807, 2.05) is 19.2 Å². The van der Waals surface area contributed by atoms with Crippen molar-refractivity contribution in [2.24, 2.45) is 5.92 Å². The van der Waals surface area contributed by atoms with E-state index in [1.165, 1.54) is 17.7 Å². The molecule has 2 aliphatic heterocycles. The smallest absolute Gasteiger partial charge is 0.335 e. The predicted molar refractivity (Wildman–Crippen MR) is 90.4 cm³/mol. The number of nitrogens with one attached hydrogen (secondary N) is 1. The van der Waals surface area contributed by atoms with Crippen molar-refractivity contribution in [3.8, 4) is 0 Å². The van der Waals surface area contributed by atoms with Crippen molar-refractivity contribution in [1.82, 2.24) is 5.32 Å². The number of benzene rings is 1. The summed E-state index contributed by atoms with van der Waals surface area (Å²) in [6.07, 6.45) is 3.84. The van der Waals surface area contributed by atoms with Crippen molar-refractivity contribution < 1.29 is 9.53 Å². The summed E-state index contributed by atoms with van der Waals surface area (Å²) in [7, 11) is 0. The van der Waals surface area contributed by atoms with Crippen LogP contribution in [0.15, 0.2) is 36.0 Å². The zero-order valence-corrected chi connectivity index (χ0v) is 13.7. The number of halogens is 1. The number of nitrogens with zero attached hydrogens (tertiary/aromatic N) is 1. The molecule has 0 saturated carbocycles. The van der Waals surface area contributed by atoms with E-state index in [-0.39, 0.29) is 18.4 Å². The lowest BCUT2D eigenvalue weighted by molar-refractivity contribution is -0.138. The van der Waals surface area contributed by atoms with Crippen LogP contribution >= 0.6 is 12.4 Å². The molecule has 1 fully saturated rings. The highest BCUT2D eigenvalue weighted by Gasteiger charge is 2.25. The molecule has 1 aromatic carbocycles. The first kappa shape index (κ1) is 16.8. The zero-order chi connectivity index (χ0) is 14.7. The summed E-state index contributed by atoms with van der Waals surface area (Å²) in [5.74, 6) is 0.442. The highest BCUT2D eigenvalue weighted by Crippen LogP contribution is 2.30. The fraction of sp³-hybridized carbons (Fsp3) is 0.471. The van der Waals surface area contributed by atoms with Crippen LogP contribution in [0, 0.1) is 5.92 Å². The van der Waals surface area contributed by atoms with Crippen LogP contribution in [0.2, 0.25) is 0 Å². The minimum atomic E-state index is -0.193. The topological polar surface area (TPSA) is 41.6 Å². The number of hydrogen-bond acceptors (Lipinski definition) is 4. The fourth-order valence-electron chi connectivity index (χ4n) is 3.10. The van der Waals surface area contributed by atoms with Crippen molar-refractivity contribution in [3.05, 3.63) is 41.6 Å². The van der Waals surface area contributed by atoms with Crippen molar-refractivity contribution in [1.29, 1.82) is 0 Å². The van der Waals surface area contributed by atoms with Crippen LogP contribution in [0.3, 0.4) is 0 Å². The normalized spacial score (nSPS) is 20.0. The van der Waals surface area contributed by atoms with Gasteiger partial charge in [0.2, 0.25) is 0 Å². The van der Waals surface area contributed by atoms with Gasteiger partial charge in [0.1, 0.15) is 0 Å². The number of para-hydroxylation sites is 1. The lowest BCUT2D eigenvalue weighted by Crippen LogP contribution is -2.30.